The smallest absolute Gasteiger partial charge is 0.272 e. The summed E-state index contributed by atoms with van der Waals surface area (Å²) in [6.07, 6.45) is 3.83. The molecule has 0 unspecified atom stereocenters. The zero-order valence-corrected chi connectivity index (χ0v) is 15.4. The number of pyridine rings is 1. The molecule has 2 aromatic rings. The van der Waals surface area contributed by atoms with Crippen LogP contribution in [-0.4, -0.2) is 66.0 Å². The summed E-state index contributed by atoms with van der Waals surface area (Å²) >= 11 is 0. The van der Waals surface area contributed by atoms with Gasteiger partial charge >= 0.3 is 0 Å². The standard InChI is InChI=1S/C21H25FN4O/c22-17-6-8-18(9-7-17)24-12-14-25(15-13-24)19-4-3-11-26(16-19)21(27)20-5-1-2-10-23-20/h1-2,5-10,19H,3-4,11-16H2/t19-/m0/s1. The molecule has 1 aromatic heterocycles. The molecule has 0 radical (unpaired) electrons. The van der Waals surface area contributed by atoms with E-state index in [1.54, 1.807) is 12.3 Å². The van der Waals surface area contributed by atoms with E-state index in [2.05, 4.69) is 14.8 Å². The fraction of sp³-hybridized carbons (Fsp3) is 0.429. The van der Waals surface area contributed by atoms with Crippen LogP contribution in [0, 0.1) is 5.82 Å². The van der Waals surface area contributed by atoms with Gasteiger partial charge in [0.05, 0.1) is 0 Å². The minimum atomic E-state index is -0.197. The fourth-order valence-electron chi connectivity index (χ4n) is 4.09. The maximum Gasteiger partial charge on any atom is 0.272 e. The number of nitrogens with zero attached hydrogens (tertiary/aromatic N) is 4. The number of amides is 1. The molecule has 0 aliphatic carbocycles. The van der Waals surface area contributed by atoms with Crippen molar-refractivity contribution in [3.8, 4) is 0 Å². The van der Waals surface area contributed by atoms with E-state index in [1.165, 1.54) is 12.1 Å². The van der Waals surface area contributed by atoms with Crippen molar-refractivity contribution in [3.63, 3.8) is 0 Å². The second-order valence-electron chi connectivity index (χ2n) is 7.26. The highest BCUT2D eigenvalue weighted by molar-refractivity contribution is 5.92. The Morgan fingerprint density at radius 2 is 1.78 bits per heavy atom. The van der Waals surface area contributed by atoms with Gasteiger partial charge in [-0.1, -0.05) is 6.07 Å². The molecule has 1 amide bonds. The largest absolute Gasteiger partial charge is 0.369 e. The van der Waals surface area contributed by atoms with Crippen molar-refractivity contribution in [2.24, 2.45) is 0 Å². The predicted molar refractivity (Wildman–Crippen MR) is 103 cm³/mol. The number of hydrogen-bond donors (Lipinski definition) is 0. The summed E-state index contributed by atoms with van der Waals surface area (Å²) < 4.78 is 13.1. The molecular formula is C21H25FN4O. The minimum absolute atomic E-state index is 0.0326. The van der Waals surface area contributed by atoms with Crippen molar-refractivity contribution in [1.29, 1.82) is 0 Å². The highest BCUT2D eigenvalue weighted by Gasteiger charge is 2.30. The van der Waals surface area contributed by atoms with Crippen LogP contribution in [-0.2, 0) is 0 Å². The van der Waals surface area contributed by atoms with Gasteiger partial charge < -0.3 is 9.80 Å². The average Bonchev–Trinajstić information content (AvgIpc) is 2.75. The number of hydrogen-bond acceptors (Lipinski definition) is 4. The average molecular weight is 368 g/mol. The summed E-state index contributed by atoms with van der Waals surface area (Å²) in [4.78, 5) is 23.6. The highest BCUT2D eigenvalue weighted by atomic mass is 19.1. The van der Waals surface area contributed by atoms with E-state index in [0.29, 0.717) is 11.7 Å². The lowest BCUT2D eigenvalue weighted by atomic mass is 10.0. The molecule has 142 valence electrons. The zero-order chi connectivity index (χ0) is 18.6. The van der Waals surface area contributed by atoms with E-state index in [0.717, 1.165) is 57.8 Å². The molecule has 3 heterocycles. The van der Waals surface area contributed by atoms with E-state index >= 15 is 0 Å². The maximum atomic E-state index is 13.1. The number of benzene rings is 1. The van der Waals surface area contributed by atoms with Gasteiger partial charge in [0.25, 0.3) is 5.91 Å². The van der Waals surface area contributed by atoms with Gasteiger partial charge in [0, 0.05) is 57.2 Å². The van der Waals surface area contributed by atoms with Crippen molar-refractivity contribution >= 4 is 11.6 Å². The number of carbonyl (C=O) groups excluding carboxylic acids is 1. The summed E-state index contributed by atoms with van der Waals surface area (Å²) in [6, 6.07) is 12.6. The van der Waals surface area contributed by atoms with E-state index < -0.39 is 0 Å². The Morgan fingerprint density at radius 3 is 2.48 bits per heavy atom. The Hall–Kier alpha value is -2.47. The number of halogens is 1. The SMILES string of the molecule is O=C(c1ccccn1)N1CCC[C@H](N2CCN(c3ccc(F)cc3)CC2)C1. The van der Waals surface area contributed by atoms with Crippen LogP contribution in [0.15, 0.2) is 48.7 Å². The monoisotopic (exact) mass is 368 g/mol. The summed E-state index contributed by atoms with van der Waals surface area (Å²) in [5.74, 6) is -0.164. The molecule has 2 aliphatic heterocycles. The first-order valence-electron chi connectivity index (χ1n) is 9.65. The second-order valence-corrected chi connectivity index (χ2v) is 7.26. The lowest BCUT2D eigenvalue weighted by Gasteiger charge is -2.43. The first kappa shape index (κ1) is 17.9. The van der Waals surface area contributed by atoms with E-state index in [4.69, 9.17) is 0 Å². The molecule has 0 spiro atoms. The van der Waals surface area contributed by atoms with Gasteiger partial charge in [0.15, 0.2) is 0 Å². The van der Waals surface area contributed by atoms with Crippen molar-refractivity contribution in [2.45, 2.75) is 18.9 Å². The molecule has 0 saturated carbocycles. The molecule has 5 nitrogen and oxygen atoms in total. The molecule has 27 heavy (non-hydrogen) atoms. The van der Waals surface area contributed by atoms with Crippen LogP contribution in [0.4, 0.5) is 10.1 Å². The zero-order valence-electron chi connectivity index (χ0n) is 15.4. The van der Waals surface area contributed by atoms with Crippen molar-refractivity contribution in [3.05, 3.63) is 60.2 Å². The topological polar surface area (TPSA) is 39.7 Å². The molecule has 2 saturated heterocycles. The van der Waals surface area contributed by atoms with Crippen LogP contribution < -0.4 is 4.90 Å². The maximum absolute atomic E-state index is 13.1. The molecule has 0 N–H and O–H groups in total. The van der Waals surface area contributed by atoms with Crippen molar-refractivity contribution in [2.75, 3.05) is 44.2 Å². The summed E-state index contributed by atoms with van der Waals surface area (Å²) in [6.45, 7) is 5.36. The molecule has 2 aliphatic rings. The number of rotatable bonds is 3. The quantitative estimate of drug-likeness (QED) is 0.835. The Labute approximate surface area is 159 Å². The number of piperazine rings is 1. The van der Waals surface area contributed by atoms with Gasteiger partial charge in [-0.05, 0) is 49.2 Å². The number of aromatic nitrogens is 1. The number of anilines is 1. The molecule has 0 bridgehead atoms. The van der Waals surface area contributed by atoms with Crippen molar-refractivity contribution < 1.29 is 9.18 Å². The predicted octanol–water partition coefficient (Wildman–Crippen LogP) is 2.65. The number of likely N-dealkylation sites (tertiary alicyclic amines) is 1. The Bertz CT molecular complexity index is 760. The first-order chi connectivity index (χ1) is 13.2. The van der Waals surface area contributed by atoms with Crippen LogP contribution in [0.25, 0.3) is 0 Å². The van der Waals surface area contributed by atoms with Gasteiger partial charge in [-0.25, -0.2) is 4.39 Å². The van der Waals surface area contributed by atoms with Crippen molar-refractivity contribution in [1.82, 2.24) is 14.8 Å². The molecule has 6 heteroatoms. The normalized spacial score (nSPS) is 21.3. The summed E-state index contributed by atoms with van der Waals surface area (Å²) in [5, 5.41) is 0. The van der Waals surface area contributed by atoms with Crippen LogP contribution in [0.3, 0.4) is 0 Å². The van der Waals surface area contributed by atoms with E-state index in [-0.39, 0.29) is 11.7 Å². The Kier molecular flexibility index (Phi) is 5.34. The second kappa shape index (κ2) is 8.05. The lowest BCUT2D eigenvalue weighted by molar-refractivity contribution is 0.0558. The van der Waals surface area contributed by atoms with Gasteiger partial charge in [0.2, 0.25) is 0 Å². The Morgan fingerprint density at radius 1 is 1.00 bits per heavy atom. The van der Waals surface area contributed by atoms with Gasteiger partial charge in [-0.2, -0.15) is 0 Å². The lowest BCUT2D eigenvalue weighted by Crippen LogP contribution is -2.56. The van der Waals surface area contributed by atoms with Crippen LogP contribution >= 0.6 is 0 Å². The van der Waals surface area contributed by atoms with Crippen LogP contribution in [0.2, 0.25) is 0 Å². The Balaban J connectivity index is 1.34. The van der Waals surface area contributed by atoms with Gasteiger partial charge in [-0.3, -0.25) is 14.7 Å². The van der Waals surface area contributed by atoms with Crippen LogP contribution in [0.5, 0.6) is 0 Å². The minimum Gasteiger partial charge on any atom is -0.369 e. The fourth-order valence-corrected chi connectivity index (χ4v) is 4.09. The number of carbonyl (C=O) groups is 1. The number of piperidine rings is 1. The molecular weight excluding hydrogens is 343 g/mol. The third-order valence-electron chi connectivity index (χ3n) is 5.59. The van der Waals surface area contributed by atoms with Gasteiger partial charge in [-0.15, -0.1) is 0 Å². The highest BCUT2D eigenvalue weighted by Crippen LogP contribution is 2.22. The van der Waals surface area contributed by atoms with E-state index in [9.17, 15) is 9.18 Å². The van der Waals surface area contributed by atoms with Crippen LogP contribution in [0.1, 0.15) is 23.3 Å². The molecule has 2 fully saturated rings. The molecule has 1 atom stereocenters. The summed E-state index contributed by atoms with van der Waals surface area (Å²) in [5.41, 5.74) is 1.60. The third-order valence-corrected chi connectivity index (χ3v) is 5.59. The van der Waals surface area contributed by atoms with E-state index in [1.807, 2.05) is 29.2 Å². The molecule has 1 aromatic carbocycles. The third kappa shape index (κ3) is 4.11. The summed E-state index contributed by atoms with van der Waals surface area (Å²) in [7, 11) is 0. The van der Waals surface area contributed by atoms with Gasteiger partial charge in [0.1, 0.15) is 11.5 Å². The first-order valence-corrected chi connectivity index (χ1v) is 9.65. The molecule has 4 rings (SSSR count).